The lowest BCUT2D eigenvalue weighted by Crippen LogP contribution is -2.31. The summed E-state index contributed by atoms with van der Waals surface area (Å²) in [6, 6.07) is 22.8. The highest BCUT2D eigenvalue weighted by Crippen LogP contribution is 2.41. The van der Waals surface area contributed by atoms with Crippen molar-refractivity contribution in [3.8, 4) is 17.1 Å². The number of halogens is 2. The van der Waals surface area contributed by atoms with Crippen LogP contribution in [0.5, 0.6) is 5.75 Å². The number of Topliss-reactive ketones (excluding diaryl/α,β-unsaturated/α-hetero) is 1. The molecule has 8 heteroatoms. The quantitative estimate of drug-likeness (QED) is 0.314. The van der Waals surface area contributed by atoms with E-state index >= 15 is 0 Å². The van der Waals surface area contributed by atoms with Gasteiger partial charge in [0.2, 0.25) is 5.95 Å². The molecule has 0 radical (unpaired) electrons. The molecular formula is C28H22Cl2N4O2. The first-order valence-electron chi connectivity index (χ1n) is 11.8. The Balaban J connectivity index is 1.40. The van der Waals surface area contributed by atoms with Crippen LogP contribution in [0.3, 0.4) is 0 Å². The van der Waals surface area contributed by atoms with Crippen molar-refractivity contribution in [2.24, 2.45) is 0 Å². The Bertz CT molecular complexity index is 1500. The Morgan fingerprint density at radius 3 is 2.67 bits per heavy atom. The van der Waals surface area contributed by atoms with E-state index < -0.39 is 6.04 Å². The highest BCUT2D eigenvalue weighted by Gasteiger charge is 2.37. The highest BCUT2D eigenvalue weighted by molar-refractivity contribution is 6.42. The lowest BCUT2D eigenvalue weighted by Gasteiger charge is -2.32. The summed E-state index contributed by atoms with van der Waals surface area (Å²) >= 11 is 12.4. The summed E-state index contributed by atoms with van der Waals surface area (Å²) in [6.45, 7) is 0.458. The second kappa shape index (κ2) is 9.45. The van der Waals surface area contributed by atoms with Crippen LogP contribution in [0.4, 0.5) is 5.95 Å². The van der Waals surface area contributed by atoms with Gasteiger partial charge in [-0.2, -0.15) is 4.98 Å². The fourth-order valence-corrected chi connectivity index (χ4v) is 5.04. The number of carbonyl (C=O) groups is 1. The van der Waals surface area contributed by atoms with Crippen molar-refractivity contribution >= 4 is 34.9 Å². The van der Waals surface area contributed by atoms with Crippen molar-refractivity contribution in [2.45, 2.75) is 31.9 Å². The molecule has 4 aromatic rings. The second-order valence-electron chi connectivity index (χ2n) is 8.88. The van der Waals surface area contributed by atoms with E-state index in [1.807, 2.05) is 60.7 Å². The number of ketones is 1. The molecule has 1 unspecified atom stereocenters. The van der Waals surface area contributed by atoms with Gasteiger partial charge < -0.3 is 10.1 Å². The third kappa shape index (κ3) is 4.27. The number of benzene rings is 3. The number of aromatic nitrogens is 3. The minimum absolute atomic E-state index is 0.126. The molecular weight excluding hydrogens is 495 g/mol. The minimum Gasteiger partial charge on any atom is -0.489 e. The van der Waals surface area contributed by atoms with Crippen LogP contribution >= 0.6 is 23.2 Å². The molecule has 36 heavy (non-hydrogen) atoms. The van der Waals surface area contributed by atoms with Crippen LogP contribution in [0.15, 0.2) is 84.1 Å². The zero-order chi connectivity index (χ0) is 24.6. The molecule has 6 nitrogen and oxygen atoms in total. The van der Waals surface area contributed by atoms with Gasteiger partial charge in [0.15, 0.2) is 11.6 Å². The number of nitrogens with zero attached hydrogens (tertiary/aromatic N) is 3. The first-order chi connectivity index (χ1) is 17.6. The molecule has 1 N–H and O–H groups in total. The summed E-state index contributed by atoms with van der Waals surface area (Å²) in [7, 11) is 0. The van der Waals surface area contributed by atoms with Crippen LogP contribution in [0.1, 0.15) is 36.4 Å². The van der Waals surface area contributed by atoms with Crippen LogP contribution in [-0.4, -0.2) is 20.5 Å². The lowest BCUT2D eigenvalue weighted by atomic mass is 9.85. The summed E-state index contributed by atoms with van der Waals surface area (Å²) < 4.78 is 7.87. The van der Waals surface area contributed by atoms with Crippen molar-refractivity contribution in [3.05, 3.63) is 105 Å². The average Bonchev–Trinajstić information content (AvgIpc) is 3.32. The second-order valence-corrected chi connectivity index (χ2v) is 9.69. The van der Waals surface area contributed by atoms with Crippen molar-refractivity contribution < 1.29 is 9.53 Å². The average molecular weight is 517 g/mol. The predicted octanol–water partition coefficient (Wildman–Crippen LogP) is 6.85. The molecule has 1 aliphatic carbocycles. The van der Waals surface area contributed by atoms with Crippen molar-refractivity contribution in [2.75, 3.05) is 5.32 Å². The summed E-state index contributed by atoms with van der Waals surface area (Å²) in [6.07, 6.45) is 2.12. The Labute approximate surface area is 218 Å². The molecule has 2 heterocycles. The third-order valence-electron chi connectivity index (χ3n) is 6.47. The van der Waals surface area contributed by atoms with Crippen LogP contribution in [0, 0.1) is 0 Å². The van der Waals surface area contributed by atoms with E-state index in [1.165, 1.54) is 0 Å². The predicted molar refractivity (Wildman–Crippen MR) is 140 cm³/mol. The van der Waals surface area contributed by atoms with Crippen LogP contribution in [0.2, 0.25) is 10.0 Å². The Morgan fingerprint density at radius 2 is 1.83 bits per heavy atom. The van der Waals surface area contributed by atoms with Gasteiger partial charge in [0, 0.05) is 23.3 Å². The molecule has 3 aromatic carbocycles. The molecule has 0 saturated heterocycles. The van der Waals surface area contributed by atoms with E-state index in [2.05, 4.69) is 5.32 Å². The molecule has 6 rings (SSSR count). The smallest absolute Gasteiger partial charge is 0.226 e. The van der Waals surface area contributed by atoms with Crippen LogP contribution < -0.4 is 10.1 Å². The first kappa shape index (κ1) is 22.8. The van der Waals surface area contributed by atoms with Gasteiger partial charge >= 0.3 is 0 Å². The molecule has 180 valence electrons. The number of ether oxygens (including phenoxy) is 1. The number of rotatable bonds is 5. The largest absolute Gasteiger partial charge is 0.489 e. The van der Waals surface area contributed by atoms with E-state index in [1.54, 1.807) is 16.8 Å². The summed E-state index contributed by atoms with van der Waals surface area (Å²) in [5.41, 5.74) is 4.39. The van der Waals surface area contributed by atoms with Gasteiger partial charge in [-0.3, -0.25) is 4.79 Å². The van der Waals surface area contributed by atoms with Crippen molar-refractivity contribution in [3.63, 3.8) is 0 Å². The number of nitrogens with one attached hydrogen (secondary N) is 1. The van der Waals surface area contributed by atoms with E-state index in [0.29, 0.717) is 34.8 Å². The topological polar surface area (TPSA) is 69.0 Å². The summed E-state index contributed by atoms with van der Waals surface area (Å²) in [5, 5.41) is 9.08. The molecule has 1 atom stereocenters. The molecule has 0 saturated carbocycles. The van der Waals surface area contributed by atoms with Crippen LogP contribution in [0.25, 0.3) is 11.4 Å². The van der Waals surface area contributed by atoms with Gasteiger partial charge in [-0.1, -0.05) is 65.7 Å². The van der Waals surface area contributed by atoms with E-state index in [4.69, 9.17) is 38.0 Å². The van der Waals surface area contributed by atoms with Gasteiger partial charge in [0.25, 0.3) is 0 Å². The Kier molecular flexibility index (Phi) is 5.99. The normalized spacial score (nSPS) is 16.8. The molecule has 2 aliphatic rings. The van der Waals surface area contributed by atoms with Gasteiger partial charge in [0.05, 0.1) is 10.0 Å². The summed E-state index contributed by atoms with van der Waals surface area (Å²) in [4.78, 5) is 17.9. The fourth-order valence-electron chi connectivity index (χ4n) is 4.74. The SMILES string of the molecule is O=C1CCCC2=C1C(c1cccc(OCc3ccccc3)c1)n1nc(-c3ccc(Cl)c(Cl)c3)nc1N2. The van der Waals surface area contributed by atoms with E-state index in [-0.39, 0.29) is 5.78 Å². The Morgan fingerprint density at radius 1 is 0.972 bits per heavy atom. The maximum Gasteiger partial charge on any atom is 0.226 e. The number of hydrogen-bond acceptors (Lipinski definition) is 5. The number of hydrogen-bond donors (Lipinski definition) is 1. The van der Waals surface area contributed by atoms with Gasteiger partial charge in [-0.25, -0.2) is 4.68 Å². The molecule has 0 fully saturated rings. The lowest BCUT2D eigenvalue weighted by molar-refractivity contribution is -0.116. The van der Waals surface area contributed by atoms with Crippen molar-refractivity contribution in [1.29, 1.82) is 0 Å². The molecule has 1 aliphatic heterocycles. The molecule has 0 amide bonds. The van der Waals surface area contributed by atoms with E-state index in [9.17, 15) is 4.79 Å². The third-order valence-corrected chi connectivity index (χ3v) is 7.21. The highest BCUT2D eigenvalue weighted by atomic mass is 35.5. The summed E-state index contributed by atoms with van der Waals surface area (Å²) in [5.74, 6) is 1.95. The fraction of sp³-hybridized carbons (Fsp3) is 0.179. The van der Waals surface area contributed by atoms with E-state index in [0.717, 1.165) is 46.6 Å². The zero-order valence-corrected chi connectivity index (χ0v) is 20.8. The van der Waals surface area contributed by atoms with Gasteiger partial charge in [-0.15, -0.1) is 5.10 Å². The number of fused-ring (bicyclic) bond motifs is 1. The molecule has 0 bridgehead atoms. The standard InChI is InChI=1S/C28H22Cl2N4O2/c29-21-13-12-19(15-22(21)30)27-32-28-31-23-10-5-11-24(35)25(23)26(34(28)33-27)18-8-4-9-20(14-18)36-16-17-6-2-1-3-7-17/h1-4,6-9,12-15,26H,5,10-11,16H2,(H,31,32,33). The van der Waals surface area contributed by atoms with Gasteiger partial charge in [-0.05, 0) is 54.3 Å². The first-order valence-corrected chi connectivity index (χ1v) is 12.5. The zero-order valence-electron chi connectivity index (χ0n) is 19.2. The van der Waals surface area contributed by atoms with Crippen molar-refractivity contribution in [1.82, 2.24) is 14.8 Å². The van der Waals surface area contributed by atoms with Crippen LogP contribution in [-0.2, 0) is 11.4 Å². The molecule has 1 aromatic heterocycles. The van der Waals surface area contributed by atoms with Gasteiger partial charge in [0.1, 0.15) is 18.4 Å². The maximum absolute atomic E-state index is 13.2. The Hall–Kier alpha value is -3.61. The minimum atomic E-state index is -0.409. The number of anilines is 1. The number of carbonyl (C=O) groups excluding carboxylic acids is 1. The maximum atomic E-state index is 13.2. The number of allylic oxidation sites excluding steroid dienone is 2. The monoisotopic (exact) mass is 516 g/mol. The molecule has 0 spiro atoms.